The Hall–Kier alpha value is -4.40. The Bertz CT molecular complexity index is 1290. The van der Waals surface area contributed by atoms with Gasteiger partial charge in [-0.25, -0.2) is 4.79 Å². The molecule has 2 heterocycles. The molecule has 0 spiro atoms. The van der Waals surface area contributed by atoms with Gasteiger partial charge in [-0.2, -0.15) is 0 Å². The van der Waals surface area contributed by atoms with Crippen molar-refractivity contribution in [3.05, 3.63) is 83.2 Å². The van der Waals surface area contributed by atoms with Gasteiger partial charge >= 0.3 is 5.97 Å². The van der Waals surface area contributed by atoms with E-state index in [9.17, 15) is 14.4 Å². The lowest BCUT2D eigenvalue weighted by atomic mass is 9.79. The summed E-state index contributed by atoms with van der Waals surface area (Å²) >= 11 is 0. The number of para-hydroxylation sites is 1. The summed E-state index contributed by atoms with van der Waals surface area (Å²) in [5.41, 5.74) is 2.04. The van der Waals surface area contributed by atoms with E-state index in [2.05, 4.69) is 10.3 Å². The number of methoxy groups -OCH3 is 2. The number of carbonyl (C=O) groups excluding carboxylic acids is 3. The standard InChI is InChI=1S/C27H27N3O6/c1-5-36-27(33)17-10-6-7-11-20(17)29-25(31)23-18-13-21(34-3)22(35-4)14-19(18)26(32)30(2)24(23)16-9-8-12-28-15-16/h6-15,23-24H,5H2,1-4H3,(H,29,31)/t23-,24-/m0/s1. The van der Waals surface area contributed by atoms with Gasteiger partial charge in [0.25, 0.3) is 5.91 Å². The molecule has 0 unspecified atom stereocenters. The van der Waals surface area contributed by atoms with Crippen molar-refractivity contribution < 1.29 is 28.6 Å². The first-order chi connectivity index (χ1) is 17.4. The van der Waals surface area contributed by atoms with Crippen LogP contribution in [0.15, 0.2) is 60.9 Å². The van der Waals surface area contributed by atoms with Crippen LogP contribution in [0.3, 0.4) is 0 Å². The van der Waals surface area contributed by atoms with Crippen molar-refractivity contribution in [2.24, 2.45) is 0 Å². The van der Waals surface area contributed by atoms with Crippen molar-refractivity contribution in [1.82, 2.24) is 9.88 Å². The Kier molecular flexibility index (Phi) is 7.19. The zero-order chi connectivity index (χ0) is 25.8. The molecule has 4 rings (SSSR count). The van der Waals surface area contributed by atoms with E-state index in [0.717, 1.165) is 0 Å². The lowest BCUT2D eigenvalue weighted by Gasteiger charge is -2.40. The van der Waals surface area contributed by atoms with Gasteiger partial charge in [-0.05, 0) is 48.4 Å². The Morgan fingerprint density at radius 2 is 1.78 bits per heavy atom. The number of carbonyl (C=O) groups is 3. The topological polar surface area (TPSA) is 107 Å². The fourth-order valence-corrected chi connectivity index (χ4v) is 4.49. The van der Waals surface area contributed by atoms with Crippen molar-refractivity contribution in [2.45, 2.75) is 18.9 Å². The highest BCUT2D eigenvalue weighted by atomic mass is 16.5. The van der Waals surface area contributed by atoms with Gasteiger partial charge in [-0.3, -0.25) is 14.6 Å². The molecule has 2 amide bonds. The molecule has 2 atom stereocenters. The van der Waals surface area contributed by atoms with Crippen molar-refractivity contribution in [1.29, 1.82) is 0 Å². The van der Waals surface area contributed by atoms with Gasteiger partial charge in [0, 0.05) is 25.0 Å². The van der Waals surface area contributed by atoms with Gasteiger partial charge in [-0.1, -0.05) is 18.2 Å². The molecule has 36 heavy (non-hydrogen) atoms. The maximum Gasteiger partial charge on any atom is 0.340 e. The summed E-state index contributed by atoms with van der Waals surface area (Å²) in [4.78, 5) is 45.6. The molecule has 1 aliphatic heterocycles. The average Bonchev–Trinajstić information content (AvgIpc) is 2.90. The quantitative estimate of drug-likeness (QED) is 0.503. The maximum atomic E-state index is 14.0. The van der Waals surface area contributed by atoms with Gasteiger partial charge in [0.1, 0.15) is 0 Å². The van der Waals surface area contributed by atoms with Crippen LogP contribution >= 0.6 is 0 Å². The van der Waals surface area contributed by atoms with Crippen LogP contribution in [0, 0.1) is 0 Å². The summed E-state index contributed by atoms with van der Waals surface area (Å²) in [6, 6.07) is 12.8. The molecule has 1 aromatic heterocycles. The molecule has 0 radical (unpaired) electrons. The lowest BCUT2D eigenvalue weighted by Crippen LogP contribution is -2.44. The number of nitrogens with zero attached hydrogens (tertiary/aromatic N) is 2. The number of anilines is 1. The molecule has 9 nitrogen and oxygen atoms in total. The number of aromatic nitrogens is 1. The van der Waals surface area contributed by atoms with Crippen molar-refractivity contribution >= 4 is 23.5 Å². The average molecular weight is 490 g/mol. The fourth-order valence-electron chi connectivity index (χ4n) is 4.49. The minimum absolute atomic E-state index is 0.203. The molecule has 1 aliphatic rings. The molecule has 3 aromatic rings. The first-order valence-corrected chi connectivity index (χ1v) is 11.4. The molecule has 1 N–H and O–H groups in total. The van der Waals surface area contributed by atoms with Crippen molar-refractivity contribution in [2.75, 3.05) is 33.2 Å². The Morgan fingerprint density at radius 1 is 1.06 bits per heavy atom. The van der Waals surface area contributed by atoms with Gasteiger partial charge in [0.15, 0.2) is 11.5 Å². The summed E-state index contributed by atoms with van der Waals surface area (Å²) in [6.07, 6.45) is 3.26. The number of nitrogens with one attached hydrogen (secondary N) is 1. The summed E-state index contributed by atoms with van der Waals surface area (Å²) < 4.78 is 16.0. The van der Waals surface area contributed by atoms with E-state index in [4.69, 9.17) is 14.2 Å². The number of likely N-dealkylation sites (N-methyl/N-ethyl adjacent to an activating group) is 1. The summed E-state index contributed by atoms with van der Waals surface area (Å²) in [6.45, 7) is 1.92. The van der Waals surface area contributed by atoms with E-state index >= 15 is 0 Å². The number of benzene rings is 2. The van der Waals surface area contributed by atoms with E-state index in [-0.39, 0.29) is 18.1 Å². The summed E-state index contributed by atoms with van der Waals surface area (Å²) in [5.74, 6) is -1.29. The Labute approximate surface area is 209 Å². The SMILES string of the molecule is CCOC(=O)c1ccccc1NC(=O)[C@H]1c2cc(OC)c(OC)cc2C(=O)N(C)[C@H]1c1cccnc1. The van der Waals surface area contributed by atoms with E-state index in [1.807, 2.05) is 6.07 Å². The van der Waals surface area contributed by atoms with E-state index < -0.39 is 23.8 Å². The van der Waals surface area contributed by atoms with E-state index in [0.29, 0.717) is 33.9 Å². The molecule has 0 saturated carbocycles. The number of pyridine rings is 1. The normalized spacial score (nSPS) is 16.7. The third-order valence-corrected chi connectivity index (χ3v) is 6.16. The second-order valence-corrected chi connectivity index (χ2v) is 8.17. The minimum atomic E-state index is -0.845. The fraction of sp³-hybridized carbons (Fsp3) is 0.259. The zero-order valence-corrected chi connectivity index (χ0v) is 20.5. The molecular weight excluding hydrogens is 462 g/mol. The molecule has 2 aromatic carbocycles. The van der Waals surface area contributed by atoms with E-state index in [1.165, 1.54) is 19.1 Å². The number of esters is 1. The molecule has 0 bridgehead atoms. The number of amides is 2. The predicted molar refractivity (Wildman–Crippen MR) is 132 cm³/mol. The van der Waals surface area contributed by atoms with Crippen LogP contribution in [-0.2, 0) is 9.53 Å². The maximum absolute atomic E-state index is 14.0. The highest BCUT2D eigenvalue weighted by molar-refractivity contribution is 6.07. The largest absolute Gasteiger partial charge is 0.493 e. The predicted octanol–water partition coefficient (Wildman–Crippen LogP) is 3.82. The number of hydrogen-bond acceptors (Lipinski definition) is 7. The van der Waals surface area contributed by atoms with Crippen LogP contribution in [0.25, 0.3) is 0 Å². The second kappa shape index (κ2) is 10.5. The van der Waals surface area contributed by atoms with Crippen LogP contribution in [-0.4, -0.2) is 55.5 Å². The zero-order valence-electron chi connectivity index (χ0n) is 20.5. The first kappa shape index (κ1) is 24.7. The van der Waals surface area contributed by atoms with Gasteiger partial charge in [0.05, 0.1) is 44.0 Å². The van der Waals surface area contributed by atoms with Gasteiger partial charge < -0.3 is 24.4 Å². The number of rotatable bonds is 7. The van der Waals surface area contributed by atoms with Crippen LogP contribution < -0.4 is 14.8 Å². The molecule has 0 fully saturated rings. The van der Waals surface area contributed by atoms with Crippen LogP contribution in [0.2, 0.25) is 0 Å². The molecule has 186 valence electrons. The number of hydrogen-bond donors (Lipinski definition) is 1. The summed E-state index contributed by atoms with van der Waals surface area (Å²) in [5, 5.41) is 2.89. The smallest absolute Gasteiger partial charge is 0.340 e. The Balaban J connectivity index is 1.85. The lowest BCUT2D eigenvalue weighted by molar-refractivity contribution is -0.119. The van der Waals surface area contributed by atoms with Gasteiger partial charge in [-0.15, -0.1) is 0 Å². The number of fused-ring (bicyclic) bond motifs is 1. The summed E-state index contributed by atoms with van der Waals surface area (Å²) in [7, 11) is 4.62. The Morgan fingerprint density at radius 3 is 2.44 bits per heavy atom. The third-order valence-electron chi connectivity index (χ3n) is 6.16. The van der Waals surface area contributed by atoms with Crippen LogP contribution in [0.5, 0.6) is 11.5 Å². The highest BCUT2D eigenvalue weighted by Crippen LogP contribution is 2.45. The van der Waals surface area contributed by atoms with Crippen LogP contribution in [0.1, 0.15) is 50.7 Å². The first-order valence-electron chi connectivity index (χ1n) is 11.4. The monoisotopic (exact) mass is 489 g/mol. The van der Waals surface area contributed by atoms with Crippen LogP contribution in [0.4, 0.5) is 5.69 Å². The van der Waals surface area contributed by atoms with Crippen molar-refractivity contribution in [3.8, 4) is 11.5 Å². The second-order valence-electron chi connectivity index (χ2n) is 8.17. The highest BCUT2D eigenvalue weighted by Gasteiger charge is 2.44. The third kappa shape index (κ3) is 4.47. The van der Waals surface area contributed by atoms with Crippen molar-refractivity contribution in [3.63, 3.8) is 0 Å². The molecule has 0 saturated heterocycles. The molecular formula is C27H27N3O6. The molecule has 0 aliphatic carbocycles. The van der Waals surface area contributed by atoms with E-state index in [1.54, 1.807) is 68.8 Å². The minimum Gasteiger partial charge on any atom is -0.493 e. The molecule has 9 heteroatoms. The van der Waals surface area contributed by atoms with Gasteiger partial charge in [0.2, 0.25) is 5.91 Å². The number of ether oxygens (including phenoxy) is 3.